The maximum Gasteiger partial charge on any atom is 0.337 e. The molecule has 0 aliphatic heterocycles. The van der Waals surface area contributed by atoms with E-state index in [1.54, 1.807) is 0 Å². The van der Waals surface area contributed by atoms with Gasteiger partial charge >= 0.3 is 5.97 Å². The van der Waals surface area contributed by atoms with E-state index in [1.807, 2.05) is 0 Å². The van der Waals surface area contributed by atoms with Crippen LogP contribution in [0.15, 0.2) is 30.6 Å². The van der Waals surface area contributed by atoms with Crippen LogP contribution >= 0.6 is 11.6 Å². The lowest BCUT2D eigenvalue weighted by atomic mass is 10.1. The highest BCUT2D eigenvalue weighted by Crippen LogP contribution is 2.18. The molecule has 0 bridgehead atoms. The molecule has 102 valence electrons. The first-order valence-corrected chi connectivity index (χ1v) is 5.67. The van der Waals surface area contributed by atoms with Crippen LogP contribution < -0.4 is 5.32 Å². The van der Waals surface area contributed by atoms with Crippen molar-refractivity contribution in [1.82, 2.24) is 9.97 Å². The number of carbonyl (C=O) groups excluding carboxylic acids is 1. The van der Waals surface area contributed by atoms with E-state index in [9.17, 15) is 14.0 Å². The smallest absolute Gasteiger partial charge is 0.337 e. The number of hydrogen-bond donors (Lipinski definition) is 2. The Hall–Kier alpha value is -2.54. The standard InChI is InChI=1S/C12H7ClFN3O3/c13-10-5-15-9(4-16-10)11(18)17-8-3-6(14)1-2-7(8)12(19)20/h1-5H,(H,17,18)(H,19,20). The van der Waals surface area contributed by atoms with Gasteiger partial charge in [0.1, 0.15) is 16.7 Å². The number of anilines is 1. The third-order valence-corrected chi connectivity index (χ3v) is 2.51. The minimum absolute atomic E-state index is 0.0741. The number of hydrogen-bond acceptors (Lipinski definition) is 4. The first kappa shape index (κ1) is 13.9. The number of aromatic nitrogens is 2. The number of halogens is 2. The van der Waals surface area contributed by atoms with Crippen molar-refractivity contribution >= 4 is 29.2 Å². The van der Waals surface area contributed by atoms with Crippen LogP contribution in [0.4, 0.5) is 10.1 Å². The highest BCUT2D eigenvalue weighted by atomic mass is 35.5. The molecule has 20 heavy (non-hydrogen) atoms. The van der Waals surface area contributed by atoms with Crippen molar-refractivity contribution in [3.63, 3.8) is 0 Å². The van der Waals surface area contributed by atoms with E-state index in [1.165, 1.54) is 6.20 Å². The van der Waals surface area contributed by atoms with Gasteiger partial charge in [0.2, 0.25) is 0 Å². The van der Waals surface area contributed by atoms with Crippen molar-refractivity contribution in [3.05, 3.63) is 52.8 Å². The highest BCUT2D eigenvalue weighted by Gasteiger charge is 2.15. The Kier molecular flexibility index (Phi) is 3.90. The highest BCUT2D eigenvalue weighted by molar-refractivity contribution is 6.29. The molecular formula is C12H7ClFN3O3. The second kappa shape index (κ2) is 5.62. The molecule has 0 aliphatic carbocycles. The van der Waals surface area contributed by atoms with Crippen molar-refractivity contribution in [2.24, 2.45) is 0 Å². The number of carboxylic acids is 1. The molecule has 0 aliphatic rings. The van der Waals surface area contributed by atoms with E-state index in [4.69, 9.17) is 16.7 Å². The molecule has 1 aromatic carbocycles. The van der Waals surface area contributed by atoms with Gasteiger partial charge in [-0.15, -0.1) is 0 Å². The van der Waals surface area contributed by atoms with E-state index in [-0.39, 0.29) is 22.1 Å². The minimum Gasteiger partial charge on any atom is -0.478 e. The molecule has 1 amide bonds. The van der Waals surface area contributed by atoms with Crippen LogP contribution in [-0.2, 0) is 0 Å². The largest absolute Gasteiger partial charge is 0.478 e. The van der Waals surface area contributed by atoms with E-state index in [0.29, 0.717) is 0 Å². The number of aromatic carboxylic acids is 1. The Morgan fingerprint density at radius 2 is 2.00 bits per heavy atom. The van der Waals surface area contributed by atoms with Crippen LogP contribution in [0.25, 0.3) is 0 Å². The van der Waals surface area contributed by atoms with Gasteiger partial charge in [-0.3, -0.25) is 4.79 Å². The van der Waals surface area contributed by atoms with Gasteiger partial charge in [0.05, 0.1) is 23.6 Å². The third-order valence-electron chi connectivity index (χ3n) is 2.31. The fourth-order valence-electron chi connectivity index (χ4n) is 1.42. The topological polar surface area (TPSA) is 92.2 Å². The molecule has 0 saturated heterocycles. The minimum atomic E-state index is -1.29. The number of nitrogens with one attached hydrogen (secondary N) is 1. The number of rotatable bonds is 3. The normalized spacial score (nSPS) is 10.1. The van der Waals surface area contributed by atoms with Gasteiger partial charge in [-0.05, 0) is 18.2 Å². The molecule has 8 heteroatoms. The first-order valence-electron chi connectivity index (χ1n) is 5.29. The quantitative estimate of drug-likeness (QED) is 0.906. The fourth-order valence-corrected chi connectivity index (χ4v) is 1.52. The van der Waals surface area contributed by atoms with Gasteiger partial charge < -0.3 is 10.4 Å². The number of benzene rings is 1. The number of carboxylic acid groups (broad SMARTS) is 1. The molecule has 1 aromatic heterocycles. The molecule has 2 aromatic rings. The summed E-state index contributed by atoms with van der Waals surface area (Å²) >= 11 is 5.53. The van der Waals surface area contributed by atoms with Crippen molar-refractivity contribution in [2.75, 3.05) is 5.32 Å². The van der Waals surface area contributed by atoms with Gasteiger partial charge in [-0.25, -0.2) is 19.2 Å². The zero-order chi connectivity index (χ0) is 14.7. The monoisotopic (exact) mass is 295 g/mol. The molecule has 2 N–H and O–H groups in total. The van der Waals surface area contributed by atoms with Crippen LogP contribution in [-0.4, -0.2) is 27.0 Å². The average molecular weight is 296 g/mol. The van der Waals surface area contributed by atoms with Gasteiger partial charge in [-0.2, -0.15) is 0 Å². The molecule has 0 fully saturated rings. The maximum absolute atomic E-state index is 13.1. The van der Waals surface area contributed by atoms with Crippen molar-refractivity contribution in [3.8, 4) is 0 Å². The van der Waals surface area contributed by atoms with Crippen molar-refractivity contribution in [2.45, 2.75) is 0 Å². The van der Waals surface area contributed by atoms with Gasteiger partial charge in [0.25, 0.3) is 5.91 Å². The van der Waals surface area contributed by atoms with E-state index in [2.05, 4.69) is 15.3 Å². The lowest BCUT2D eigenvalue weighted by molar-refractivity contribution is 0.0698. The SMILES string of the molecule is O=C(Nc1cc(F)ccc1C(=O)O)c1cnc(Cl)cn1. The van der Waals surface area contributed by atoms with Crippen LogP contribution in [0.3, 0.4) is 0 Å². The number of carbonyl (C=O) groups is 2. The van der Waals surface area contributed by atoms with Crippen molar-refractivity contribution in [1.29, 1.82) is 0 Å². The molecule has 0 unspecified atom stereocenters. The summed E-state index contributed by atoms with van der Waals surface area (Å²) in [5, 5.41) is 11.3. The first-order chi connectivity index (χ1) is 9.47. The Balaban J connectivity index is 2.29. The summed E-state index contributed by atoms with van der Waals surface area (Å²) in [5.41, 5.74) is -0.476. The van der Waals surface area contributed by atoms with E-state index >= 15 is 0 Å². The van der Waals surface area contributed by atoms with E-state index in [0.717, 1.165) is 24.4 Å². The van der Waals surface area contributed by atoms with Gasteiger partial charge in [-0.1, -0.05) is 11.6 Å². The summed E-state index contributed by atoms with van der Waals surface area (Å²) in [5.74, 6) is -2.68. The second-order valence-corrected chi connectivity index (χ2v) is 4.06. The molecular weight excluding hydrogens is 289 g/mol. The molecule has 2 rings (SSSR count). The summed E-state index contributed by atoms with van der Waals surface area (Å²) in [7, 11) is 0. The molecule has 0 saturated carbocycles. The van der Waals surface area contributed by atoms with E-state index < -0.39 is 17.7 Å². The Bertz CT molecular complexity index is 676. The number of nitrogens with zero attached hydrogens (tertiary/aromatic N) is 2. The van der Waals surface area contributed by atoms with Crippen molar-refractivity contribution < 1.29 is 19.1 Å². The number of amides is 1. The summed E-state index contributed by atoms with van der Waals surface area (Å²) in [6.45, 7) is 0. The zero-order valence-electron chi connectivity index (χ0n) is 9.80. The molecule has 0 radical (unpaired) electrons. The van der Waals surface area contributed by atoms with Crippen LogP contribution in [0.5, 0.6) is 0 Å². The Morgan fingerprint density at radius 1 is 1.25 bits per heavy atom. The van der Waals surface area contributed by atoms with Crippen LogP contribution in [0.2, 0.25) is 5.15 Å². The fraction of sp³-hybridized carbons (Fsp3) is 0. The lowest BCUT2D eigenvalue weighted by Gasteiger charge is -2.08. The molecule has 1 heterocycles. The summed E-state index contributed by atoms with van der Waals surface area (Å²) in [6, 6.07) is 2.95. The van der Waals surface area contributed by atoms with Crippen LogP contribution in [0, 0.1) is 5.82 Å². The Labute approximate surface area is 117 Å². The molecule has 6 nitrogen and oxygen atoms in total. The predicted molar refractivity (Wildman–Crippen MR) is 68.4 cm³/mol. The molecule has 0 spiro atoms. The van der Waals surface area contributed by atoms with Gasteiger partial charge in [0.15, 0.2) is 0 Å². The summed E-state index contributed by atoms with van der Waals surface area (Å²) in [6.07, 6.45) is 2.29. The summed E-state index contributed by atoms with van der Waals surface area (Å²) < 4.78 is 13.1. The van der Waals surface area contributed by atoms with Gasteiger partial charge in [0, 0.05) is 0 Å². The summed E-state index contributed by atoms with van der Waals surface area (Å²) in [4.78, 5) is 30.2. The maximum atomic E-state index is 13.1. The second-order valence-electron chi connectivity index (χ2n) is 3.67. The molecule has 0 atom stereocenters. The third kappa shape index (κ3) is 3.07. The zero-order valence-corrected chi connectivity index (χ0v) is 10.6. The lowest BCUT2D eigenvalue weighted by Crippen LogP contribution is -2.16. The predicted octanol–water partition coefficient (Wildman–Crippen LogP) is 2.22. The average Bonchev–Trinajstić information content (AvgIpc) is 2.39. The van der Waals surface area contributed by atoms with Crippen LogP contribution in [0.1, 0.15) is 20.8 Å². The Morgan fingerprint density at radius 3 is 2.60 bits per heavy atom.